The summed E-state index contributed by atoms with van der Waals surface area (Å²) in [6.07, 6.45) is 3.69. The molecule has 0 aliphatic carbocycles. The number of hydrogen-bond acceptors (Lipinski definition) is 4. The van der Waals surface area contributed by atoms with Gasteiger partial charge in [0.05, 0.1) is 12.0 Å². The van der Waals surface area contributed by atoms with E-state index < -0.39 is 0 Å². The number of methoxy groups -OCH3 is 1. The lowest BCUT2D eigenvalue weighted by Crippen LogP contribution is -2.21. The van der Waals surface area contributed by atoms with Crippen LogP contribution in [0.5, 0.6) is 0 Å². The fraction of sp³-hybridized carbons (Fsp3) is 0.217. The predicted molar refractivity (Wildman–Crippen MR) is 119 cm³/mol. The van der Waals surface area contributed by atoms with E-state index >= 15 is 0 Å². The van der Waals surface area contributed by atoms with E-state index in [2.05, 4.69) is 51.2 Å². The third-order valence-electron chi connectivity index (χ3n) is 4.90. The van der Waals surface area contributed by atoms with Gasteiger partial charge in [0.2, 0.25) is 0 Å². The average molecular weight is 407 g/mol. The normalized spacial score (nSPS) is 12.3. The summed E-state index contributed by atoms with van der Waals surface area (Å²) in [5.41, 5.74) is 4.99. The summed E-state index contributed by atoms with van der Waals surface area (Å²) in [5.74, 6) is 0.787. The molecule has 0 unspecified atom stereocenters. The lowest BCUT2D eigenvalue weighted by Gasteiger charge is -2.14. The maximum atomic E-state index is 6.40. The molecular formula is C23H23ClN4O. The summed E-state index contributed by atoms with van der Waals surface area (Å²) < 4.78 is 7.34. The van der Waals surface area contributed by atoms with Gasteiger partial charge in [0, 0.05) is 35.6 Å². The smallest absolute Gasteiger partial charge is 0.150 e. The maximum absolute atomic E-state index is 6.40. The van der Waals surface area contributed by atoms with Crippen molar-refractivity contribution in [1.29, 1.82) is 0 Å². The molecule has 0 spiro atoms. The Bertz CT molecular complexity index is 1140. The van der Waals surface area contributed by atoms with Crippen molar-refractivity contribution in [3.63, 3.8) is 0 Å². The molecule has 2 heterocycles. The summed E-state index contributed by atoms with van der Waals surface area (Å²) in [5, 5.41) is 5.16. The Morgan fingerprint density at radius 3 is 2.66 bits per heavy atom. The minimum absolute atomic E-state index is 0.110. The number of aromatic nitrogens is 3. The molecule has 4 rings (SSSR count). The van der Waals surface area contributed by atoms with E-state index in [-0.39, 0.29) is 6.04 Å². The van der Waals surface area contributed by atoms with E-state index in [1.54, 1.807) is 13.4 Å². The first-order valence-electron chi connectivity index (χ1n) is 9.52. The van der Waals surface area contributed by atoms with E-state index in [9.17, 15) is 0 Å². The fourth-order valence-corrected chi connectivity index (χ4v) is 3.64. The van der Waals surface area contributed by atoms with Gasteiger partial charge in [0.1, 0.15) is 12.1 Å². The Labute approximate surface area is 175 Å². The van der Waals surface area contributed by atoms with Crippen LogP contribution in [0, 0.1) is 6.92 Å². The number of halogens is 1. The van der Waals surface area contributed by atoms with Crippen LogP contribution in [0.15, 0.2) is 61.1 Å². The number of anilines is 1. The van der Waals surface area contributed by atoms with Crippen molar-refractivity contribution in [2.24, 2.45) is 0 Å². The molecule has 148 valence electrons. The molecule has 0 amide bonds. The molecule has 0 aliphatic rings. The average Bonchev–Trinajstić information content (AvgIpc) is 3.12. The number of benzene rings is 2. The van der Waals surface area contributed by atoms with Crippen LogP contribution in [0.1, 0.15) is 12.5 Å². The zero-order chi connectivity index (χ0) is 20.4. The number of fused-ring (bicyclic) bond motifs is 1. The largest absolute Gasteiger partial charge is 0.383 e. The standard InChI is InChI=1S/C23H23ClN4O/c1-15-9-10-18(11-20(15)24)28-12-19(17-7-5-4-6-8-17)21-22(25-14-26-23(21)28)27-16(2)13-29-3/h4-12,14,16H,13H2,1-3H3,(H,25,26,27)/t16-/m1/s1. The summed E-state index contributed by atoms with van der Waals surface area (Å²) in [7, 11) is 1.70. The first-order valence-corrected chi connectivity index (χ1v) is 9.89. The van der Waals surface area contributed by atoms with Gasteiger partial charge in [-0.3, -0.25) is 0 Å². The predicted octanol–water partition coefficient (Wildman–Crippen LogP) is 5.50. The topological polar surface area (TPSA) is 52.0 Å². The molecular weight excluding hydrogens is 384 g/mol. The van der Waals surface area contributed by atoms with E-state index in [1.807, 2.05) is 37.3 Å². The van der Waals surface area contributed by atoms with Gasteiger partial charge in [-0.15, -0.1) is 0 Å². The second kappa shape index (κ2) is 8.23. The third-order valence-corrected chi connectivity index (χ3v) is 5.31. The van der Waals surface area contributed by atoms with Crippen LogP contribution in [0.4, 0.5) is 5.82 Å². The Morgan fingerprint density at radius 2 is 1.93 bits per heavy atom. The maximum Gasteiger partial charge on any atom is 0.150 e. The molecule has 1 N–H and O–H groups in total. The van der Waals surface area contributed by atoms with Crippen LogP contribution in [0.2, 0.25) is 5.02 Å². The van der Waals surface area contributed by atoms with Gasteiger partial charge in [-0.1, -0.05) is 48.0 Å². The number of nitrogens with zero attached hydrogens (tertiary/aromatic N) is 3. The minimum atomic E-state index is 0.110. The van der Waals surface area contributed by atoms with Crippen molar-refractivity contribution in [2.75, 3.05) is 19.0 Å². The number of hydrogen-bond donors (Lipinski definition) is 1. The Hall–Kier alpha value is -2.89. The van der Waals surface area contributed by atoms with Gasteiger partial charge in [0.15, 0.2) is 5.65 Å². The molecule has 0 radical (unpaired) electrons. The third kappa shape index (κ3) is 3.84. The highest BCUT2D eigenvalue weighted by Gasteiger charge is 2.18. The highest BCUT2D eigenvalue weighted by atomic mass is 35.5. The van der Waals surface area contributed by atoms with Gasteiger partial charge in [-0.05, 0) is 37.1 Å². The number of rotatable bonds is 6. The fourth-order valence-electron chi connectivity index (χ4n) is 3.46. The Balaban J connectivity index is 1.95. The molecule has 0 saturated carbocycles. The molecule has 0 saturated heterocycles. The SMILES string of the molecule is COC[C@@H](C)Nc1ncnc2c1c(-c1ccccc1)cn2-c1ccc(C)c(Cl)c1. The lowest BCUT2D eigenvalue weighted by molar-refractivity contribution is 0.190. The number of nitrogens with one attached hydrogen (secondary N) is 1. The molecule has 0 fully saturated rings. The van der Waals surface area contributed by atoms with Gasteiger partial charge < -0.3 is 14.6 Å². The number of aryl methyl sites for hydroxylation is 1. The summed E-state index contributed by atoms with van der Waals surface area (Å²) >= 11 is 6.40. The Morgan fingerprint density at radius 1 is 1.14 bits per heavy atom. The highest BCUT2D eigenvalue weighted by Crippen LogP contribution is 2.36. The molecule has 2 aromatic heterocycles. The zero-order valence-electron chi connectivity index (χ0n) is 16.7. The van der Waals surface area contributed by atoms with Gasteiger partial charge in [-0.2, -0.15) is 0 Å². The highest BCUT2D eigenvalue weighted by molar-refractivity contribution is 6.31. The first kappa shape index (κ1) is 19.4. The van der Waals surface area contributed by atoms with Crippen molar-refractivity contribution < 1.29 is 4.74 Å². The van der Waals surface area contributed by atoms with Crippen molar-refractivity contribution >= 4 is 28.5 Å². The van der Waals surface area contributed by atoms with Crippen LogP contribution in [0.25, 0.3) is 27.8 Å². The first-order chi connectivity index (χ1) is 14.1. The summed E-state index contributed by atoms with van der Waals surface area (Å²) in [6, 6.07) is 16.4. The van der Waals surface area contributed by atoms with Crippen LogP contribution in [-0.2, 0) is 4.74 Å². The molecule has 4 aromatic rings. The zero-order valence-corrected chi connectivity index (χ0v) is 17.4. The van der Waals surface area contributed by atoms with Crippen LogP contribution < -0.4 is 5.32 Å². The number of ether oxygens (including phenoxy) is 1. The second-order valence-electron chi connectivity index (χ2n) is 7.13. The minimum Gasteiger partial charge on any atom is -0.383 e. The van der Waals surface area contributed by atoms with Gasteiger partial charge >= 0.3 is 0 Å². The second-order valence-corrected chi connectivity index (χ2v) is 7.54. The van der Waals surface area contributed by atoms with Crippen molar-refractivity contribution in [3.8, 4) is 16.8 Å². The molecule has 0 bridgehead atoms. The molecule has 6 heteroatoms. The lowest BCUT2D eigenvalue weighted by atomic mass is 10.1. The van der Waals surface area contributed by atoms with Gasteiger partial charge in [0.25, 0.3) is 0 Å². The molecule has 1 atom stereocenters. The Kier molecular flexibility index (Phi) is 5.51. The van der Waals surface area contributed by atoms with E-state index in [1.165, 1.54) is 0 Å². The quantitative estimate of drug-likeness (QED) is 0.459. The van der Waals surface area contributed by atoms with Crippen molar-refractivity contribution in [1.82, 2.24) is 14.5 Å². The van der Waals surface area contributed by atoms with E-state index in [4.69, 9.17) is 16.3 Å². The van der Waals surface area contributed by atoms with Crippen molar-refractivity contribution in [2.45, 2.75) is 19.9 Å². The molecule has 2 aromatic carbocycles. The molecule has 29 heavy (non-hydrogen) atoms. The summed E-state index contributed by atoms with van der Waals surface area (Å²) in [6.45, 7) is 4.65. The molecule has 0 aliphatic heterocycles. The van der Waals surface area contributed by atoms with Crippen LogP contribution in [0.3, 0.4) is 0 Å². The molecule has 5 nitrogen and oxygen atoms in total. The van der Waals surface area contributed by atoms with Crippen LogP contribution >= 0.6 is 11.6 Å². The monoisotopic (exact) mass is 406 g/mol. The summed E-state index contributed by atoms with van der Waals surface area (Å²) in [4.78, 5) is 9.14. The van der Waals surface area contributed by atoms with Crippen LogP contribution in [-0.4, -0.2) is 34.3 Å². The van der Waals surface area contributed by atoms with E-state index in [0.29, 0.717) is 6.61 Å². The van der Waals surface area contributed by atoms with Gasteiger partial charge in [-0.25, -0.2) is 9.97 Å². The van der Waals surface area contributed by atoms with E-state index in [0.717, 1.165) is 44.3 Å². The van der Waals surface area contributed by atoms with Crippen molar-refractivity contribution in [3.05, 3.63) is 71.6 Å².